The van der Waals surface area contributed by atoms with E-state index in [1.54, 1.807) is 0 Å². The summed E-state index contributed by atoms with van der Waals surface area (Å²) in [5, 5.41) is 3.89. The summed E-state index contributed by atoms with van der Waals surface area (Å²) in [5.41, 5.74) is 0.975. The van der Waals surface area contributed by atoms with Crippen LogP contribution in [0.4, 0.5) is 0 Å². The first kappa shape index (κ1) is 12.9. The van der Waals surface area contributed by atoms with E-state index in [1.165, 1.54) is 58.0 Å². The lowest BCUT2D eigenvalue weighted by molar-refractivity contribution is -0.0640. The van der Waals surface area contributed by atoms with Crippen LogP contribution in [0.5, 0.6) is 0 Å². The molecule has 104 valence electrons. The number of piperazine rings is 1. The molecule has 3 aliphatic rings. The lowest BCUT2D eigenvalue weighted by atomic mass is 9.71. The molecule has 0 amide bonds. The molecule has 0 spiro atoms. The van der Waals surface area contributed by atoms with Crippen LogP contribution in [0, 0.1) is 5.92 Å². The minimum Gasteiger partial charge on any atom is -0.308 e. The molecule has 1 N–H and O–H groups in total. The zero-order valence-electron chi connectivity index (χ0n) is 12.5. The zero-order chi connectivity index (χ0) is 12.8. The Balaban J connectivity index is 1.79. The van der Waals surface area contributed by atoms with Crippen LogP contribution in [0.1, 0.15) is 65.7 Å². The smallest absolute Gasteiger partial charge is 0.0309 e. The van der Waals surface area contributed by atoms with Crippen LogP contribution in [0.15, 0.2) is 0 Å². The average molecular weight is 250 g/mol. The maximum Gasteiger partial charge on any atom is 0.0309 e. The molecule has 0 aromatic carbocycles. The SMILES string of the molecule is CCC1CNC(C)(C2CC2)CN1C1(CC)CCC1. The number of hydrogen-bond donors (Lipinski definition) is 1. The molecule has 2 heteroatoms. The molecule has 0 radical (unpaired) electrons. The van der Waals surface area contributed by atoms with Crippen LogP contribution in [0.25, 0.3) is 0 Å². The molecule has 0 aromatic rings. The van der Waals surface area contributed by atoms with E-state index in [2.05, 4.69) is 31.0 Å². The second kappa shape index (κ2) is 4.49. The van der Waals surface area contributed by atoms with Gasteiger partial charge in [0.25, 0.3) is 0 Å². The first-order valence-corrected chi connectivity index (χ1v) is 8.15. The number of nitrogens with one attached hydrogen (secondary N) is 1. The molecule has 1 heterocycles. The minimum absolute atomic E-state index is 0.406. The van der Waals surface area contributed by atoms with Crippen LogP contribution in [-0.4, -0.2) is 35.1 Å². The zero-order valence-corrected chi connectivity index (χ0v) is 12.5. The Labute approximate surface area is 113 Å². The van der Waals surface area contributed by atoms with Crippen molar-refractivity contribution in [3.63, 3.8) is 0 Å². The standard InChI is InChI=1S/C16H30N2/c1-4-14-11-17-15(3,13-7-8-13)12-18(14)16(5-2)9-6-10-16/h13-14,17H,4-12H2,1-3H3. The van der Waals surface area contributed by atoms with Crippen LogP contribution < -0.4 is 5.32 Å². The maximum absolute atomic E-state index is 3.89. The Morgan fingerprint density at radius 1 is 1.22 bits per heavy atom. The Hall–Kier alpha value is -0.0800. The topological polar surface area (TPSA) is 15.3 Å². The monoisotopic (exact) mass is 250 g/mol. The summed E-state index contributed by atoms with van der Waals surface area (Å²) in [5.74, 6) is 0.951. The van der Waals surface area contributed by atoms with Gasteiger partial charge in [0, 0.05) is 30.2 Å². The molecule has 3 fully saturated rings. The van der Waals surface area contributed by atoms with Crippen LogP contribution in [0.2, 0.25) is 0 Å². The second-order valence-electron chi connectivity index (χ2n) is 7.19. The van der Waals surface area contributed by atoms with Gasteiger partial charge in [-0.1, -0.05) is 13.8 Å². The molecule has 18 heavy (non-hydrogen) atoms. The van der Waals surface area contributed by atoms with E-state index in [-0.39, 0.29) is 0 Å². The Morgan fingerprint density at radius 2 is 1.94 bits per heavy atom. The molecule has 2 unspecified atom stereocenters. The van der Waals surface area contributed by atoms with Gasteiger partial charge in [0.15, 0.2) is 0 Å². The van der Waals surface area contributed by atoms with Crippen molar-refractivity contribution in [1.29, 1.82) is 0 Å². The summed E-state index contributed by atoms with van der Waals surface area (Å²) in [7, 11) is 0. The maximum atomic E-state index is 3.89. The van der Waals surface area contributed by atoms with E-state index in [0.717, 1.165) is 12.0 Å². The van der Waals surface area contributed by atoms with Gasteiger partial charge in [0.05, 0.1) is 0 Å². The summed E-state index contributed by atoms with van der Waals surface area (Å²) in [4.78, 5) is 2.92. The van der Waals surface area contributed by atoms with E-state index in [0.29, 0.717) is 11.1 Å². The summed E-state index contributed by atoms with van der Waals surface area (Å²) >= 11 is 0. The fourth-order valence-corrected chi connectivity index (χ4v) is 4.34. The Morgan fingerprint density at radius 3 is 2.39 bits per heavy atom. The molecule has 2 atom stereocenters. The van der Waals surface area contributed by atoms with Crippen LogP contribution in [-0.2, 0) is 0 Å². The fourth-order valence-electron chi connectivity index (χ4n) is 4.34. The molecule has 1 aliphatic heterocycles. The van der Waals surface area contributed by atoms with Crippen molar-refractivity contribution in [2.24, 2.45) is 5.92 Å². The van der Waals surface area contributed by atoms with Crippen LogP contribution in [0.3, 0.4) is 0 Å². The van der Waals surface area contributed by atoms with Gasteiger partial charge in [-0.2, -0.15) is 0 Å². The molecule has 0 bridgehead atoms. The quantitative estimate of drug-likeness (QED) is 0.824. The Bertz CT molecular complexity index is 301. The van der Waals surface area contributed by atoms with Crippen molar-refractivity contribution >= 4 is 0 Å². The molecule has 2 saturated carbocycles. The normalized spacial score (nSPS) is 40.5. The molecule has 2 aliphatic carbocycles. The third-order valence-corrected chi connectivity index (χ3v) is 6.18. The van der Waals surface area contributed by atoms with E-state index in [1.807, 2.05) is 0 Å². The van der Waals surface area contributed by atoms with Crippen molar-refractivity contribution in [2.75, 3.05) is 13.1 Å². The highest BCUT2D eigenvalue weighted by Crippen LogP contribution is 2.47. The van der Waals surface area contributed by atoms with E-state index in [9.17, 15) is 0 Å². The fraction of sp³-hybridized carbons (Fsp3) is 1.00. The van der Waals surface area contributed by atoms with Gasteiger partial charge >= 0.3 is 0 Å². The number of hydrogen-bond acceptors (Lipinski definition) is 2. The third-order valence-electron chi connectivity index (χ3n) is 6.18. The van der Waals surface area contributed by atoms with Crippen LogP contribution >= 0.6 is 0 Å². The molecular weight excluding hydrogens is 220 g/mol. The number of rotatable bonds is 4. The second-order valence-corrected chi connectivity index (χ2v) is 7.19. The number of nitrogens with zero attached hydrogens (tertiary/aromatic N) is 1. The van der Waals surface area contributed by atoms with E-state index in [4.69, 9.17) is 0 Å². The van der Waals surface area contributed by atoms with Gasteiger partial charge in [0.2, 0.25) is 0 Å². The molecular formula is C16H30N2. The van der Waals surface area contributed by atoms with Gasteiger partial charge < -0.3 is 5.32 Å². The van der Waals surface area contributed by atoms with Crippen molar-refractivity contribution < 1.29 is 0 Å². The van der Waals surface area contributed by atoms with Gasteiger partial charge in [-0.15, -0.1) is 0 Å². The van der Waals surface area contributed by atoms with E-state index >= 15 is 0 Å². The largest absolute Gasteiger partial charge is 0.308 e. The van der Waals surface area contributed by atoms with Gasteiger partial charge in [-0.25, -0.2) is 0 Å². The van der Waals surface area contributed by atoms with Gasteiger partial charge in [-0.3, -0.25) is 4.90 Å². The summed E-state index contributed by atoms with van der Waals surface area (Å²) < 4.78 is 0. The third kappa shape index (κ3) is 1.92. The first-order valence-electron chi connectivity index (χ1n) is 8.15. The van der Waals surface area contributed by atoms with Gasteiger partial charge in [0.1, 0.15) is 0 Å². The molecule has 2 nitrogen and oxygen atoms in total. The van der Waals surface area contributed by atoms with Crippen molar-refractivity contribution in [3.8, 4) is 0 Å². The van der Waals surface area contributed by atoms with Crippen molar-refractivity contribution in [1.82, 2.24) is 10.2 Å². The van der Waals surface area contributed by atoms with Gasteiger partial charge in [-0.05, 0) is 57.8 Å². The Kier molecular flexibility index (Phi) is 3.22. The highest BCUT2D eigenvalue weighted by atomic mass is 15.3. The summed E-state index contributed by atoms with van der Waals surface area (Å²) in [6.45, 7) is 9.75. The lowest BCUT2D eigenvalue weighted by Gasteiger charge is -2.58. The van der Waals surface area contributed by atoms with Crippen molar-refractivity contribution in [3.05, 3.63) is 0 Å². The average Bonchev–Trinajstić information content (AvgIpc) is 3.13. The minimum atomic E-state index is 0.406. The lowest BCUT2D eigenvalue weighted by Crippen LogP contribution is -2.70. The predicted octanol–water partition coefficient (Wildman–Crippen LogP) is 3.17. The summed E-state index contributed by atoms with van der Waals surface area (Å²) in [6, 6.07) is 0.775. The molecule has 0 aromatic heterocycles. The molecule has 1 saturated heterocycles. The highest BCUT2D eigenvalue weighted by Gasteiger charge is 2.51. The molecule has 3 rings (SSSR count). The summed E-state index contributed by atoms with van der Waals surface area (Å²) in [6.07, 6.45) is 9.90. The van der Waals surface area contributed by atoms with Crippen molar-refractivity contribution in [2.45, 2.75) is 82.8 Å². The first-order chi connectivity index (χ1) is 8.63. The van der Waals surface area contributed by atoms with E-state index < -0.39 is 0 Å². The predicted molar refractivity (Wildman–Crippen MR) is 76.8 cm³/mol. The highest BCUT2D eigenvalue weighted by molar-refractivity contribution is 5.09.